The standard InChI is InChI=1S/C9H4BrNO4/c10-6-3-1-5(2-4-6)7-11-15-9(13)8(12)14-7/h1-4H. The SMILES string of the molecule is O=c1onc(-c2ccc(Br)cc2)oc1=O. The summed E-state index contributed by atoms with van der Waals surface area (Å²) >= 11 is 3.26. The van der Waals surface area contributed by atoms with Gasteiger partial charge in [0.05, 0.1) is 0 Å². The van der Waals surface area contributed by atoms with E-state index in [0.29, 0.717) is 5.56 Å². The van der Waals surface area contributed by atoms with Crippen LogP contribution in [0.4, 0.5) is 0 Å². The number of benzene rings is 1. The van der Waals surface area contributed by atoms with Crippen molar-refractivity contribution in [2.45, 2.75) is 0 Å². The third-order valence-corrected chi connectivity index (χ3v) is 2.19. The molecule has 5 nitrogen and oxygen atoms in total. The molecule has 2 rings (SSSR count). The lowest BCUT2D eigenvalue weighted by Gasteiger charge is -1.95. The summed E-state index contributed by atoms with van der Waals surface area (Å²) in [6.45, 7) is 0. The Morgan fingerprint density at radius 3 is 2.33 bits per heavy atom. The van der Waals surface area contributed by atoms with Crippen LogP contribution < -0.4 is 11.3 Å². The summed E-state index contributed by atoms with van der Waals surface area (Å²) in [7, 11) is 0. The normalized spacial score (nSPS) is 10.2. The van der Waals surface area contributed by atoms with E-state index in [1.54, 1.807) is 24.3 Å². The lowest BCUT2D eigenvalue weighted by Crippen LogP contribution is -2.22. The molecule has 0 aliphatic rings. The molecule has 1 aromatic heterocycles. The van der Waals surface area contributed by atoms with Gasteiger partial charge in [-0.05, 0) is 29.4 Å². The largest absolute Gasteiger partial charge is 0.443 e. The number of hydrogen-bond donors (Lipinski definition) is 0. The van der Waals surface area contributed by atoms with E-state index in [2.05, 4.69) is 30.0 Å². The fourth-order valence-electron chi connectivity index (χ4n) is 0.972. The average Bonchev–Trinajstić information content (AvgIpc) is 2.23. The van der Waals surface area contributed by atoms with Crippen LogP contribution in [-0.2, 0) is 0 Å². The van der Waals surface area contributed by atoms with Gasteiger partial charge in [-0.25, -0.2) is 9.59 Å². The quantitative estimate of drug-likeness (QED) is 0.732. The molecule has 15 heavy (non-hydrogen) atoms. The van der Waals surface area contributed by atoms with E-state index in [4.69, 9.17) is 0 Å². The first-order valence-corrected chi connectivity index (χ1v) is 4.73. The highest BCUT2D eigenvalue weighted by molar-refractivity contribution is 9.10. The summed E-state index contributed by atoms with van der Waals surface area (Å²) in [6, 6.07) is 6.86. The number of nitrogens with zero attached hydrogens (tertiary/aromatic N) is 1. The Hall–Kier alpha value is -1.69. The van der Waals surface area contributed by atoms with Crippen molar-refractivity contribution in [3.63, 3.8) is 0 Å². The summed E-state index contributed by atoms with van der Waals surface area (Å²) in [5.41, 5.74) is -1.63. The summed E-state index contributed by atoms with van der Waals surface area (Å²) in [6.07, 6.45) is 0. The van der Waals surface area contributed by atoms with Crippen LogP contribution in [-0.4, -0.2) is 5.16 Å². The van der Waals surface area contributed by atoms with Crippen LogP contribution in [0.1, 0.15) is 0 Å². The minimum atomic E-state index is -1.11. The van der Waals surface area contributed by atoms with Crippen LogP contribution in [0.25, 0.3) is 11.5 Å². The van der Waals surface area contributed by atoms with E-state index < -0.39 is 11.3 Å². The van der Waals surface area contributed by atoms with Crippen molar-refractivity contribution in [3.05, 3.63) is 49.6 Å². The second kappa shape index (κ2) is 3.82. The van der Waals surface area contributed by atoms with Crippen molar-refractivity contribution in [1.29, 1.82) is 0 Å². The van der Waals surface area contributed by atoms with Crippen molar-refractivity contribution < 1.29 is 8.94 Å². The fourth-order valence-corrected chi connectivity index (χ4v) is 1.24. The van der Waals surface area contributed by atoms with E-state index in [1.807, 2.05) is 0 Å². The molecule has 6 heteroatoms. The van der Waals surface area contributed by atoms with Gasteiger partial charge in [-0.1, -0.05) is 15.9 Å². The van der Waals surface area contributed by atoms with Gasteiger partial charge in [0.25, 0.3) is 5.89 Å². The van der Waals surface area contributed by atoms with E-state index in [9.17, 15) is 9.59 Å². The molecular weight excluding hydrogens is 266 g/mol. The Balaban J connectivity index is 2.55. The first-order chi connectivity index (χ1) is 7.16. The van der Waals surface area contributed by atoms with Gasteiger partial charge in [0.2, 0.25) is 0 Å². The van der Waals surface area contributed by atoms with Crippen molar-refractivity contribution in [2.24, 2.45) is 0 Å². The second-order valence-corrected chi connectivity index (χ2v) is 3.59. The Morgan fingerprint density at radius 2 is 1.73 bits per heavy atom. The van der Waals surface area contributed by atoms with Gasteiger partial charge < -0.3 is 8.94 Å². The molecule has 0 saturated heterocycles. The lowest BCUT2D eigenvalue weighted by molar-refractivity contribution is 0.296. The van der Waals surface area contributed by atoms with E-state index in [-0.39, 0.29) is 5.89 Å². The van der Waals surface area contributed by atoms with Gasteiger partial charge in [0.15, 0.2) is 0 Å². The number of hydrogen-bond acceptors (Lipinski definition) is 5. The fraction of sp³-hybridized carbons (Fsp3) is 0. The Bertz CT molecular complexity index is 584. The summed E-state index contributed by atoms with van der Waals surface area (Å²) in [5.74, 6) is -0.0212. The van der Waals surface area contributed by atoms with Crippen LogP contribution in [0.15, 0.2) is 47.3 Å². The van der Waals surface area contributed by atoms with E-state index >= 15 is 0 Å². The number of rotatable bonds is 1. The molecule has 0 N–H and O–H groups in total. The molecule has 0 aliphatic heterocycles. The van der Waals surface area contributed by atoms with Crippen LogP contribution >= 0.6 is 15.9 Å². The highest BCUT2D eigenvalue weighted by Crippen LogP contribution is 2.17. The zero-order chi connectivity index (χ0) is 10.8. The summed E-state index contributed by atoms with van der Waals surface area (Å²) in [4.78, 5) is 21.5. The molecule has 0 atom stereocenters. The van der Waals surface area contributed by atoms with E-state index in [1.165, 1.54) is 0 Å². The van der Waals surface area contributed by atoms with Gasteiger partial charge in [0.1, 0.15) is 0 Å². The minimum Gasteiger partial charge on any atom is -0.395 e. The number of halogens is 1. The van der Waals surface area contributed by atoms with Gasteiger partial charge in [0, 0.05) is 10.0 Å². The predicted molar refractivity (Wildman–Crippen MR) is 54.4 cm³/mol. The molecule has 0 unspecified atom stereocenters. The topological polar surface area (TPSA) is 73.3 Å². The van der Waals surface area contributed by atoms with Crippen LogP contribution in [0.3, 0.4) is 0 Å². The highest BCUT2D eigenvalue weighted by atomic mass is 79.9. The van der Waals surface area contributed by atoms with Gasteiger partial charge in [-0.15, -0.1) is 0 Å². The molecule has 0 fully saturated rings. The lowest BCUT2D eigenvalue weighted by atomic mass is 10.2. The molecule has 0 bridgehead atoms. The molecule has 0 spiro atoms. The minimum absolute atomic E-state index is 0.0212. The maximum atomic E-state index is 10.9. The van der Waals surface area contributed by atoms with Crippen LogP contribution in [0, 0.1) is 0 Å². The monoisotopic (exact) mass is 269 g/mol. The molecule has 76 valence electrons. The maximum Gasteiger partial charge on any atom is 0.443 e. The van der Waals surface area contributed by atoms with Crippen molar-refractivity contribution in [3.8, 4) is 11.5 Å². The zero-order valence-corrected chi connectivity index (χ0v) is 8.85. The summed E-state index contributed by atoms with van der Waals surface area (Å²) in [5, 5.41) is 3.37. The predicted octanol–water partition coefficient (Wildman–Crippen LogP) is 1.42. The molecule has 0 aliphatic carbocycles. The second-order valence-electron chi connectivity index (χ2n) is 2.67. The molecule has 0 saturated carbocycles. The first kappa shape index (κ1) is 9.85. The molecule has 0 radical (unpaired) electrons. The van der Waals surface area contributed by atoms with E-state index in [0.717, 1.165) is 4.47 Å². The molecular formula is C9H4BrNO4. The highest BCUT2D eigenvalue weighted by Gasteiger charge is 2.06. The van der Waals surface area contributed by atoms with Crippen LogP contribution in [0.2, 0.25) is 0 Å². The summed E-state index contributed by atoms with van der Waals surface area (Å²) < 4.78 is 9.78. The third kappa shape index (κ3) is 2.04. The van der Waals surface area contributed by atoms with Gasteiger partial charge in [-0.2, -0.15) is 0 Å². The van der Waals surface area contributed by atoms with Crippen molar-refractivity contribution in [1.82, 2.24) is 5.16 Å². The van der Waals surface area contributed by atoms with Crippen LogP contribution in [0.5, 0.6) is 0 Å². The van der Waals surface area contributed by atoms with Gasteiger partial charge >= 0.3 is 11.3 Å². The smallest absolute Gasteiger partial charge is 0.395 e. The Labute approximate surface area is 91.5 Å². The zero-order valence-electron chi connectivity index (χ0n) is 7.27. The maximum absolute atomic E-state index is 10.9. The molecule has 1 aromatic carbocycles. The van der Waals surface area contributed by atoms with Crippen molar-refractivity contribution in [2.75, 3.05) is 0 Å². The third-order valence-electron chi connectivity index (χ3n) is 1.66. The Kier molecular flexibility index (Phi) is 2.51. The molecule has 1 heterocycles. The number of aromatic nitrogens is 1. The molecule has 0 amide bonds. The Morgan fingerprint density at radius 1 is 1.07 bits per heavy atom. The average molecular weight is 270 g/mol. The van der Waals surface area contributed by atoms with Gasteiger partial charge in [-0.3, -0.25) is 0 Å². The first-order valence-electron chi connectivity index (χ1n) is 3.94. The van der Waals surface area contributed by atoms with Crippen molar-refractivity contribution >= 4 is 15.9 Å². The molecule has 2 aromatic rings.